The van der Waals surface area contributed by atoms with Gasteiger partial charge in [0.1, 0.15) is 0 Å². The number of hydrogen-bond donors (Lipinski definition) is 0. The van der Waals surface area contributed by atoms with Crippen molar-refractivity contribution in [1.82, 2.24) is 0 Å². The van der Waals surface area contributed by atoms with Gasteiger partial charge in [-0.15, -0.1) is 11.6 Å². The van der Waals surface area contributed by atoms with Crippen LogP contribution in [0.5, 0.6) is 0 Å². The first-order valence-electron chi connectivity index (χ1n) is 3.61. The first-order chi connectivity index (χ1) is 6.07. The van der Waals surface area contributed by atoms with E-state index < -0.39 is 0 Å². The van der Waals surface area contributed by atoms with Crippen LogP contribution >= 0.6 is 39.1 Å². The fraction of sp³-hybridized carbons (Fsp3) is 0.222. The summed E-state index contributed by atoms with van der Waals surface area (Å²) in [5, 5.41) is 0.436. The van der Waals surface area contributed by atoms with Crippen LogP contribution in [0.15, 0.2) is 16.6 Å². The van der Waals surface area contributed by atoms with E-state index in [9.17, 15) is 4.79 Å². The van der Waals surface area contributed by atoms with E-state index in [1.165, 1.54) is 0 Å². The van der Waals surface area contributed by atoms with E-state index >= 15 is 0 Å². The van der Waals surface area contributed by atoms with E-state index in [2.05, 4.69) is 15.9 Å². The Hall–Kier alpha value is -0.0500. The summed E-state index contributed by atoms with van der Waals surface area (Å²) in [5.74, 6) is -0.192. The number of ketones is 1. The summed E-state index contributed by atoms with van der Waals surface area (Å²) in [5.41, 5.74) is 1.35. The largest absolute Gasteiger partial charge is 0.293 e. The van der Waals surface area contributed by atoms with E-state index in [0.717, 1.165) is 5.56 Å². The molecule has 13 heavy (non-hydrogen) atoms. The van der Waals surface area contributed by atoms with Crippen LogP contribution in [-0.2, 0) is 0 Å². The Morgan fingerprint density at radius 2 is 2.15 bits per heavy atom. The van der Waals surface area contributed by atoms with Crippen molar-refractivity contribution >= 4 is 44.9 Å². The van der Waals surface area contributed by atoms with Crippen molar-refractivity contribution in [2.75, 3.05) is 5.88 Å². The zero-order chi connectivity index (χ0) is 10.0. The molecule has 1 aromatic rings. The molecule has 0 amide bonds. The molecule has 0 saturated carbocycles. The Labute approximate surface area is 95.2 Å². The fourth-order valence-electron chi connectivity index (χ4n) is 1.06. The van der Waals surface area contributed by atoms with Crippen LogP contribution in [-0.4, -0.2) is 11.7 Å². The van der Waals surface area contributed by atoms with Crippen LogP contribution in [0.25, 0.3) is 0 Å². The van der Waals surface area contributed by atoms with E-state index in [-0.39, 0.29) is 11.7 Å². The van der Waals surface area contributed by atoms with E-state index in [1.54, 1.807) is 0 Å². The Morgan fingerprint density at radius 3 is 2.69 bits per heavy atom. The van der Waals surface area contributed by atoms with E-state index in [1.807, 2.05) is 19.1 Å². The number of benzene rings is 1. The Kier molecular flexibility index (Phi) is 3.77. The molecule has 1 rings (SSSR count). The van der Waals surface area contributed by atoms with Crippen molar-refractivity contribution in [2.45, 2.75) is 6.92 Å². The number of hydrogen-bond acceptors (Lipinski definition) is 1. The van der Waals surface area contributed by atoms with Gasteiger partial charge in [0.2, 0.25) is 0 Å². The lowest BCUT2D eigenvalue weighted by Gasteiger charge is -2.06. The van der Waals surface area contributed by atoms with Crippen molar-refractivity contribution in [3.63, 3.8) is 0 Å². The summed E-state index contributed by atoms with van der Waals surface area (Å²) in [6.45, 7) is 1.83. The smallest absolute Gasteiger partial charge is 0.179 e. The Morgan fingerprint density at radius 1 is 1.54 bits per heavy atom. The molecular formula is C9H7BrCl2O. The predicted octanol–water partition coefficient (Wildman–Crippen LogP) is 3.83. The highest BCUT2D eigenvalue weighted by molar-refractivity contribution is 9.10. The molecule has 0 unspecified atom stereocenters. The SMILES string of the molecule is Cc1ccc(Br)c(Cl)c1C(=O)CCl. The zero-order valence-corrected chi connectivity index (χ0v) is 10.0. The first-order valence-corrected chi connectivity index (χ1v) is 5.32. The minimum atomic E-state index is -0.148. The van der Waals surface area contributed by atoms with Gasteiger partial charge in [-0.3, -0.25) is 4.79 Å². The second-order valence-electron chi connectivity index (χ2n) is 2.61. The van der Waals surface area contributed by atoms with Crippen LogP contribution in [0.1, 0.15) is 15.9 Å². The Balaban J connectivity index is 3.33. The standard InChI is InChI=1S/C9H7BrCl2O/c1-5-2-3-6(10)9(12)8(5)7(13)4-11/h2-3H,4H2,1H3. The van der Waals surface area contributed by atoms with Crippen molar-refractivity contribution < 1.29 is 4.79 Å². The summed E-state index contributed by atoms with van der Waals surface area (Å²) in [7, 11) is 0. The zero-order valence-electron chi connectivity index (χ0n) is 6.90. The van der Waals surface area contributed by atoms with E-state index in [4.69, 9.17) is 23.2 Å². The minimum absolute atomic E-state index is 0.0446. The summed E-state index contributed by atoms with van der Waals surface area (Å²) in [6.07, 6.45) is 0. The van der Waals surface area contributed by atoms with E-state index in [0.29, 0.717) is 15.1 Å². The molecule has 1 aromatic carbocycles. The number of Topliss-reactive ketones (excluding diaryl/α,β-unsaturated/α-hetero) is 1. The highest BCUT2D eigenvalue weighted by Gasteiger charge is 2.14. The third kappa shape index (κ3) is 2.25. The molecule has 0 N–H and O–H groups in total. The number of halogens is 3. The average Bonchev–Trinajstić information content (AvgIpc) is 2.12. The number of carbonyl (C=O) groups excluding carboxylic acids is 1. The average molecular weight is 282 g/mol. The molecule has 70 valence electrons. The highest BCUT2D eigenvalue weighted by atomic mass is 79.9. The lowest BCUT2D eigenvalue weighted by atomic mass is 10.1. The monoisotopic (exact) mass is 280 g/mol. The molecule has 0 spiro atoms. The summed E-state index contributed by atoms with van der Waals surface area (Å²) in [4.78, 5) is 11.4. The van der Waals surface area contributed by atoms with Crippen LogP contribution in [0.3, 0.4) is 0 Å². The van der Waals surface area contributed by atoms with Crippen molar-refractivity contribution in [3.05, 3.63) is 32.8 Å². The first kappa shape index (κ1) is 11.0. The molecule has 0 fully saturated rings. The molecule has 0 radical (unpaired) electrons. The molecule has 0 heterocycles. The molecule has 0 bridgehead atoms. The summed E-state index contributed by atoms with van der Waals surface area (Å²) >= 11 is 14.7. The Bertz CT molecular complexity index is 350. The minimum Gasteiger partial charge on any atom is -0.293 e. The van der Waals surface area contributed by atoms with Crippen LogP contribution in [0.4, 0.5) is 0 Å². The van der Waals surface area contributed by atoms with Gasteiger partial charge < -0.3 is 0 Å². The fourth-order valence-corrected chi connectivity index (χ4v) is 1.84. The molecule has 0 aliphatic carbocycles. The highest BCUT2D eigenvalue weighted by Crippen LogP contribution is 2.29. The van der Waals surface area contributed by atoms with Crippen molar-refractivity contribution in [2.24, 2.45) is 0 Å². The number of alkyl halides is 1. The van der Waals surface area contributed by atoms with Crippen molar-refractivity contribution in [3.8, 4) is 0 Å². The maximum Gasteiger partial charge on any atom is 0.179 e. The number of carbonyl (C=O) groups is 1. The van der Waals surface area contributed by atoms with Gasteiger partial charge in [0.25, 0.3) is 0 Å². The molecule has 0 aliphatic heterocycles. The van der Waals surface area contributed by atoms with Crippen LogP contribution in [0, 0.1) is 6.92 Å². The summed E-state index contributed by atoms with van der Waals surface area (Å²) < 4.78 is 0.716. The molecule has 0 atom stereocenters. The maximum absolute atomic E-state index is 11.4. The number of rotatable bonds is 2. The second kappa shape index (κ2) is 4.45. The lowest BCUT2D eigenvalue weighted by Crippen LogP contribution is -2.04. The van der Waals surface area contributed by atoms with Gasteiger partial charge in [-0.2, -0.15) is 0 Å². The van der Waals surface area contributed by atoms with Gasteiger partial charge >= 0.3 is 0 Å². The lowest BCUT2D eigenvalue weighted by molar-refractivity contribution is 0.102. The third-order valence-corrected chi connectivity index (χ3v) is 3.23. The van der Waals surface area contributed by atoms with Gasteiger partial charge in [0.15, 0.2) is 5.78 Å². The molecule has 0 saturated heterocycles. The summed E-state index contributed by atoms with van der Waals surface area (Å²) in [6, 6.07) is 3.64. The normalized spacial score (nSPS) is 10.2. The molecular weight excluding hydrogens is 275 g/mol. The van der Waals surface area contributed by atoms with Crippen molar-refractivity contribution in [1.29, 1.82) is 0 Å². The topological polar surface area (TPSA) is 17.1 Å². The van der Waals surface area contributed by atoms with Gasteiger partial charge in [0, 0.05) is 10.0 Å². The second-order valence-corrected chi connectivity index (χ2v) is 4.11. The predicted molar refractivity (Wildman–Crippen MR) is 58.9 cm³/mol. The number of aryl methyl sites for hydroxylation is 1. The molecule has 0 aromatic heterocycles. The maximum atomic E-state index is 11.4. The van der Waals surface area contributed by atoms with Gasteiger partial charge in [-0.25, -0.2) is 0 Å². The molecule has 1 nitrogen and oxygen atoms in total. The molecule has 0 aliphatic rings. The van der Waals surface area contributed by atoms with Gasteiger partial charge in [-0.05, 0) is 34.5 Å². The van der Waals surface area contributed by atoms with Gasteiger partial charge in [0.05, 0.1) is 10.9 Å². The third-order valence-electron chi connectivity index (χ3n) is 1.70. The quantitative estimate of drug-likeness (QED) is 0.595. The molecule has 4 heteroatoms. The van der Waals surface area contributed by atoms with Crippen LogP contribution in [0.2, 0.25) is 5.02 Å². The van der Waals surface area contributed by atoms with Gasteiger partial charge in [-0.1, -0.05) is 17.7 Å². The van der Waals surface area contributed by atoms with Crippen LogP contribution < -0.4 is 0 Å².